The first-order valence-electron chi connectivity index (χ1n) is 11.3. The fraction of sp³-hybridized carbons (Fsp3) is 0.458. The van der Waals surface area contributed by atoms with Crippen LogP contribution in [0.2, 0.25) is 0 Å². The molecule has 34 heavy (non-hydrogen) atoms. The number of pyridine rings is 1. The summed E-state index contributed by atoms with van der Waals surface area (Å²) in [5, 5.41) is 12.9. The zero-order chi connectivity index (χ0) is 24.5. The van der Waals surface area contributed by atoms with Crippen LogP contribution in [0.15, 0.2) is 23.1 Å². The predicted molar refractivity (Wildman–Crippen MR) is 115 cm³/mol. The van der Waals surface area contributed by atoms with E-state index in [2.05, 4.69) is 12.2 Å². The van der Waals surface area contributed by atoms with Gasteiger partial charge in [0.05, 0.1) is 6.04 Å². The highest BCUT2D eigenvalue weighted by atomic mass is 19.1. The van der Waals surface area contributed by atoms with Crippen molar-refractivity contribution in [3.05, 3.63) is 62.8 Å². The normalized spacial score (nSPS) is 27.0. The average molecular weight is 475 g/mol. The smallest absolute Gasteiger partial charge is 0.275 e. The summed E-state index contributed by atoms with van der Waals surface area (Å²) in [6.07, 6.45) is 3.04. The molecule has 0 radical (unpaired) electrons. The molecule has 2 amide bonds. The van der Waals surface area contributed by atoms with Crippen LogP contribution in [0.25, 0.3) is 0 Å². The van der Waals surface area contributed by atoms with E-state index in [1.165, 1.54) is 10.8 Å². The molecule has 7 nitrogen and oxygen atoms in total. The van der Waals surface area contributed by atoms with Gasteiger partial charge in [-0.05, 0) is 30.6 Å². The molecule has 3 heterocycles. The van der Waals surface area contributed by atoms with Gasteiger partial charge in [0.1, 0.15) is 23.0 Å². The molecule has 3 aliphatic rings. The molecule has 1 aromatic carbocycles. The molecule has 2 fully saturated rings. The topological polar surface area (TPSA) is 91.6 Å². The maximum absolute atomic E-state index is 13.9. The summed E-state index contributed by atoms with van der Waals surface area (Å²) in [4.78, 5) is 40.7. The van der Waals surface area contributed by atoms with Gasteiger partial charge in [0.2, 0.25) is 5.43 Å². The minimum absolute atomic E-state index is 0.0467. The zero-order valence-corrected chi connectivity index (χ0v) is 18.6. The SMILES string of the molecule is CCC1[C@H]2CC2C(C)C2Cn3cc(C(=O)NCc4c(F)cc(F)cc4F)c(=O)c(O)c3C(=O)N21. The Hall–Kier alpha value is -3.30. The van der Waals surface area contributed by atoms with Crippen molar-refractivity contribution in [2.45, 2.75) is 51.9 Å². The molecule has 2 aromatic rings. The molecular formula is C24H24F3N3O4. The fourth-order valence-corrected chi connectivity index (χ4v) is 5.84. The van der Waals surface area contributed by atoms with Gasteiger partial charge in [0, 0.05) is 43.0 Å². The van der Waals surface area contributed by atoms with Gasteiger partial charge in [0.15, 0.2) is 11.4 Å². The number of halogens is 3. The Balaban J connectivity index is 1.46. The van der Waals surface area contributed by atoms with Crippen LogP contribution in [0.4, 0.5) is 13.2 Å². The monoisotopic (exact) mass is 475 g/mol. The first kappa shape index (κ1) is 22.5. The lowest BCUT2D eigenvalue weighted by atomic mass is 9.83. The highest BCUT2D eigenvalue weighted by molar-refractivity contribution is 5.99. The number of aromatic nitrogens is 1. The first-order valence-corrected chi connectivity index (χ1v) is 11.3. The second-order valence-electron chi connectivity index (χ2n) is 9.43. The second-order valence-corrected chi connectivity index (χ2v) is 9.43. The van der Waals surface area contributed by atoms with Gasteiger partial charge < -0.3 is 19.9 Å². The van der Waals surface area contributed by atoms with Gasteiger partial charge in [-0.3, -0.25) is 14.4 Å². The van der Waals surface area contributed by atoms with Gasteiger partial charge in [-0.25, -0.2) is 13.2 Å². The summed E-state index contributed by atoms with van der Waals surface area (Å²) in [5.41, 5.74) is -2.22. The number of aromatic hydroxyl groups is 1. The predicted octanol–water partition coefficient (Wildman–Crippen LogP) is 2.79. The maximum Gasteiger partial charge on any atom is 0.275 e. The Bertz CT molecular complexity index is 1250. The molecule has 5 atom stereocenters. The molecule has 1 aromatic heterocycles. The number of rotatable bonds is 4. The van der Waals surface area contributed by atoms with E-state index < -0.39 is 58.1 Å². The van der Waals surface area contributed by atoms with E-state index in [9.17, 15) is 32.7 Å². The molecule has 2 aliphatic heterocycles. The van der Waals surface area contributed by atoms with Crippen molar-refractivity contribution >= 4 is 11.8 Å². The zero-order valence-electron chi connectivity index (χ0n) is 18.6. The van der Waals surface area contributed by atoms with E-state index in [1.807, 2.05) is 6.92 Å². The number of hydrogen-bond acceptors (Lipinski definition) is 4. The van der Waals surface area contributed by atoms with E-state index in [-0.39, 0.29) is 23.7 Å². The van der Waals surface area contributed by atoms with Crippen molar-refractivity contribution < 1.29 is 27.9 Å². The average Bonchev–Trinajstić information content (AvgIpc) is 3.57. The Morgan fingerprint density at radius 1 is 1.18 bits per heavy atom. The lowest BCUT2D eigenvalue weighted by Crippen LogP contribution is -2.59. The number of nitrogens with zero attached hydrogens (tertiary/aromatic N) is 2. The van der Waals surface area contributed by atoms with Gasteiger partial charge in [0.25, 0.3) is 11.8 Å². The highest BCUT2D eigenvalue weighted by Gasteiger charge is 2.58. The van der Waals surface area contributed by atoms with Crippen LogP contribution in [0, 0.1) is 35.2 Å². The summed E-state index contributed by atoms with van der Waals surface area (Å²) in [5.74, 6) is -4.50. The molecule has 0 spiro atoms. The Labute approximate surface area is 193 Å². The van der Waals surface area contributed by atoms with Crippen LogP contribution in [0.1, 0.15) is 53.1 Å². The van der Waals surface area contributed by atoms with Gasteiger partial charge in [-0.2, -0.15) is 0 Å². The van der Waals surface area contributed by atoms with Crippen LogP contribution in [-0.4, -0.2) is 38.5 Å². The molecule has 10 heteroatoms. The Kier molecular flexibility index (Phi) is 5.22. The van der Waals surface area contributed by atoms with Gasteiger partial charge >= 0.3 is 0 Å². The van der Waals surface area contributed by atoms with E-state index >= 15 is 0 Å². The number of carbonyl (C=O) groups excluding carboxylic acids is 2. The fourth-order valence-electron chi connectivity index (χ4n) is 5.84. The Morgan fingerprint density at radius 2 is 1.85 bits per heavy atom. The van der Waals surface area contributed by atoms with E-state index in [0.29, 0.717) is 30.5 Å². The van der Waals surface area contributed by atoms with Crippen molar-refractivity contribution in [2.24, 2.45) is 17.8 Å². The van der Waals surface area contributed by atoms with Crippen LogP contribution < -0.4 is 10.7 Å². The van der Waals surface area contributed by atoms with Crippen molar-refractivity contribution in [2.75, 3.05) is 0 Å². The van der Waals surface area contributed by atoms with Crippen molar-refractivity contribution in [1.29, 1.82) is 0 Å². The molecule has 1 saturated carbocycles. The van der Waals surface area contributed by atoms with Crippen LogP contribution in [0.5, 0.6) is 5.75 Å². The number of piperidine rings is 1. The van der Waals surface area contributed by atoms with Crippen molar-refractivity contribution in [3.8, 4) is 5.75 Å². The third-order valence-electron chi connectivity index (χ3n) is 7.65. The molecule has 2 N–H and O–H groups in total. The minimum atomic E-state index is -1.18. The molecule has 0 bridgehead atoms. The Morgan fingerprint density at radius 3 is 2.50 bits per heavy atom. The number of fused-ring (bicyclic) bond motifs is 3. The first-order chi connectivity index (χ1) is 16.1. The lowest BCUT2D eigenvalue weighted by Gasteiger charge is -2.48. The molecular weight excluding hydrogens is 451 g/mol. The van der Waals surface area contributed by atoms with Crippen molar-refractivity contribution in [3.63, 3.8) is 0 Å². The van der Waals surface area contributed by atoms with E-state index in [1.54, 1.807) is 4.90 Å². The summed E-state index contributed by atoms with van der Waals surface area (Å²) >= 11 is 0. The number of carbonyl (C=O) groups is 2. The summed E-state index contributed by atoms with van der Waals surface area (Å²) in [6.45, 7) is 3.79. The number of hydrogen-bond donors (Lipinski definition) is 2. The highest BCUT2D eigenvalue weighted by Crippen LogP contribution is 2.56. The molecule has 1 saturated heterocycles. The van der Waals surface area contributed by atoms with Gasteiger partial charge in [-0.15, -0.1) is 0 Å². The van der Waals surface area contributed by atoms with E-state index in [4.69, 9.17) is 0 Å². The largest absolute Gasteiger partial charge is 0.503 e. The number of amides is 2. The molecule has 1 aliphatic carbocycles. The van der Waals surface area contributed by atoms with Crippen molar-refractivity contribution in [1.82, 2.24) is 14.8 Å². The number of nitrogens with one attached hydrogen (secondary N) is 1. The molecule has 180 valence electrons. The number of benzene rings is 1. The van der Waals surface area contributed by atoms with Gasteiger partial charge in [-0.1, -0.05) is 13.8 Å². The van der Waals surface area contributed by atoms with Crippen LogP contribution in [0.3, 0.4) is 0 Å². The summed E-state index contributed by atoms with van der Waals surface area (Å²) in [6, 6.07) is 0.890. The second kappa shape index (κ2) is 7.89. The van der Waals surface area contributed by atoms with E-state index in [0.717, 1.165) is 12.8 Å². The molecule has 5 rings (SSSR count). The third-order valence-corrected chi connectivity index (χ3v) is 7.65. The quantitative estimate of drug-likeness (QED) is 0.712. The van der Waals surface area contributed by atoms with Crippen LogP contribution in [-0.2, 0) is 13.1 Å². The summed E-state index contributed by atoms with van der Waals surface area (Å²) < 4.78 is 42.3. The van der Waals surface area contributed by atoms with Crippen LogP contribution >= 0.6 is 0 Å². The summed E-state index contributed by atoms with van der Waals surface area (Å²) in [7, 11) is 0. The minimum Gasteiger partial charge on any atom is -0.503 e. The lowest BCUT2D eigenvalue weighted by molar-refractivity contribution is 0.0108. The molecule has 4 unspecified atom stereocenters. The third kappa shape index (κ3) is 3.30. The maximum atomic E-state index is 13.9. The standard InChI is InChI=1S/C24H24F3N3O4/c1-3-18-13-6-12(13)10(2)19-9-29-8-15(21(31)22(32)20(29)24(34)30(18)19)23(33)28-7-14-16(26)4-11(25)5-17(14)27/h4-5,8,10,12-13,18-19,32H,3,6-7,9H2,1-2H3,(H,28,33)/t10?,12?,13-,18?,19?/m0/s1.